The molecule has 1 aliphatic carbocycles. The Labute approximate surface area is 216 Å². The number of ketones is 1. The standard InChI is InChI=1S/C27H34N6O4/c1-36-17-23(34)21-16-22(32-9-6-19(7-10-32)31-11-13-37-14-12-31)25-26(18-3-2-4-18)30-33(27(25)29-21)20-5-8-28-24(35)15-20/h5,8,15-16,18-19H,2-4,6-7,9-14,17H2,1H3,(H,28,35). The number of rotatable bonds is 7. The van der Waals surface area contributed by atoms with Crippen molar-refractivity contribution in [3.05, 3.63) is 35.8 Å². The summed E-state index contributed by atoms with van der Waals surface area (Å²) in [5.74, 6) is 0.124. The Bertz CT molecular complexity index is 1280. The summed E-state index contributed by atoms with van der Waals surface area (Å²) in [6, 6.07) is 5.88. The van der Waals surface area contributed by atoms with Crippen LogP contribution in [0.25, 0.3) is 16.7 Å². The van der Waals surface area contributed by atoms with Crippen molar-refractivity contribution >= 4 is 22.5 Å². The lowest BCUT2D eigenvalue weighted by molar-refractivity contribution is 0.0115. The van der Waals surface area contributed by atoms with Crippen molar-refractivity contribution in [2.75, 3.05) is 58.0 Å². The zero-order chi connectivity index (χ0) is 25.4. The number of piperidine rings is 1. The number of nitrogens with zero attached hydrogens (tertiary/aromatic N) is 6. The molecule has 0 aromatic carbocycles. The Morgan fingerprint density at radius 3 is 2.59 bits per heavy atom. The van der Waals surface area contributed by atoms with Crippen molar-refractivity contribution < 1.29 is 19.4 Å². The number of anilines is 1. The van der Waals surface area contributed by atoms with Crippen LogP contribution in [0.1, 0.15) is 54.2 Å². The van der Waals surface area contributed by atoms with Gasteiger partial charge in [-0.25, -0.2) is 14.6 Å². The lowest BCUT2D eigenvalue weighted by atomic mass is 9.82. The molecule has 3 aromatic rings. The number of ether oxygens (including phenoxy) is 2. The first-order chi connectivity index (χ1) is 18.1. The number of aromatic hydroxyl groups is 1. The van der Waals surface area contributed by atoms with E-state index in [4.69, 9.17) is 19.6 Å². The van der Waals surface area contributed by atoms with E-state index in [2.05, 4.69) is 14.8 Å². The summed E-state index contributed by atoms with van der Waals surface area (Å²) in [4.78, 5) is 26.7. The van der Waals surface area contributed by atoms with E-state index in [0.717, 1.165) is 81.8 Å². The number of fused-ring (bicyclic) bond motifs is 1. The molecule has 0 amide bonds. The molecular weight excluding hydrogens is 472 g/mol. The lowest BCUT2D eigenvalue weighted by Gasteiger charge is -2.41. The van der Waals surface area contributed by atoms with Crippen molar-refractivity contribution in [2.45, 2.75) is 44.1 Å². The number of methoxy groups -OCH3 is 1. The molecule has 3 aromatic heterocycles. The third-order valence-electron chi connectivity index (χ3n) is 8.04. The summed E-state index contributed by atoms with van der Waals surface area (Å²) in [5, 5.41) is 16.1. The molecule has 10 nitrogen and oxygen atoms in total. The van der Waals surface area contributed by atoms with Crippen molar-refractivity contribution in [3.63, 3.8) is 0 Å². The van der Waals surface area contributed by atoms with E-state index in [9.17, 15) is 9.90 Å². The van der Waals surface area contributed by atoms with Gasteiger partial charge in [0.25, 0.3) is 0 Å². The summed E-state index contributed by atoms with van der Waals surface area (Å²) in [5.41, 5.74) is 3.74. The monoisotopic (exact) mass is 506 g/mol. The molecule has 196 valence electrons. The summed E-state index contributed by atoms with van der Waals surface area (Å²) in [7, 11) is 1.52. The number of aromatic nitrogens is 4. The number of carbonyl (C=O) groups excluding carboxylic acids is 1. The van der Waals surface area contributed by atoms with Crippen LogP contribution in [0.2, 0.25) is 0 Å². The predicted octanol–water partition coefficient (Wildman–Crippen LogP) is 2.92. The maximum Gasteiger partial charge on any atom is 0.212 e. The van der Waals surface area contributed by atoms with E-state index in [-0.39, 0.29) is 18.3 Å². The van der Waals surface area contributed by atoms with Gasteiger partial charge in [0.05, 0.1) is 35.7 Å². The average molecular weight is 507 g/mol. The van der Waals surface area contributed by atoms with Gasteiger partial charge in [-0.2, -0.15) is 5.10 Å². The van der Waals surface area contributed by atoms with Crippen LogP contribution in [0.5, 0.6) is 5.88 Å². The molecule has 0 atom stereocenters. The van der Waals surface area contributed by atoms with Crippen LogP contribution < -0.4 is 4.90 Å². The Hall–Kier alpha value is -3.08. The minimum Gasteiger partial charge on any atom is -0.493 e. The Balaban J connectivity index is 1.44. The number of Topliss-reactive ketones (excluding diaryl/α,β-unsaturated/α-hetero) is 1. The van der Waals surface area contributed by atoms with Crippen LogP contribution in [0.4, 0.5) is 5.69 Å². The van der Waals surface area contributed by atoms with Crippen molar-refractivity contribution in [2.24, 2.45) is 0 Å². The van der Waals surface area contributed by atoms with Gasteiger partial charge in [-0.3, -0.25) is 9.69 Å². The number of hydrogen-bond donors (Lipinski definition) is 1. The first-order valence-corrected chi connectivity index (χ1v) is 13.3. The van der Waals surface area contributed by atoms with E-state index in [1.54, 1.807) is 23.0 Å². The van der Waals surface area contributed by atoms with Gasteiger partial charge in [-0.05, 0) is 37.8 Å². The van der Waals surface area contributed by atoms with Crippen LogP contribution in [0.3, 0.4) is 0 Å². The fourth-order valence-electron chi connectivity index (χ4n) is 5.82. The minimum atomic E-state index is -0.163. The fraction of sp³-hybridized carbons (Fsp3) is 0.556. The highest BCUT2D eigenvalue weighted by molar-refractivity contribution is 6.02. The van der Waals surface area contributed by atoms with Gasteiger partial charge in [-0.1, -0.05) is 6.42 Å². The summed E-state index contributed by atoms with van der Waals surface area (Å²) in [6.45, 7) is 5.40. The summed E-state index contributed by atoms with van der Waals surface area (Å²) < 4.78 is 12.5. The van der Waals surface area contributed by atoms with Crippen LogP contribution in [-0.2, 0) is 9.47 Å². The predicted molar refractivity (Wildman–Crippen MR) is 139 cm³/mol. The smallest absolute Gasteiger partial charge is 0.212 e. The minimum absolute atomic E-state index is 0.0310. The van der Waals surface area contributed by atoms with E-state index in [0.29, 0.717) is 29.0 Å². The molecule has 2 aliphatic heterocycles. The SMILES string of the molecule is COCC(=O)c1cc(N2CCC(N3CCOCC3)CC2)c2c(C3CCC3)nn(-c3ccnc(O)c3)c2n1. The first kappa shape index (κ1) is 24.3. The molecule has 37 heavy (non-hydrogen) atoms. The molecule has 1 N–H and O–H groups in total. The highest BCUT2D eigenvalue weighted by atomic mass is 16.5. The van der Waals surface area contributed by atoms with Crippen molar-refractivity contribution in [1.82, 2.24) is 24.6 Å². The van der Waals surface area contributed by atoms with Gasteiger partial charge in [-0.15, -0.1) is 0 Å². The van der Waals surface area contributed by atoms with Gasteiger partial charge < -0.3 is 19.5 Å². The fourth-order valence-corrected chi connectivity index (χ4v) is 5.82. The second-order valence-electron chi connectivity index (χ2n) is 10.2. The maximum absolute atomic E-state index is 13.0. The van der Waals surface area contributed by atoms with Gasteiger partial charge in [0.2, 0.25) is 11.7 Å². The second kappa shape index (κ2) is 10.4. The summed E-state index contributed by atoms with van der Waals surface area (Å²) >= 11 is 0. The molecule has 0 unspecified atom stereocenters. The molecule has 0 bridgehead atoms. The first-order valence-electron chi connectivity index (χ1n) is 13.3. The Morgan fingerprint density at radius 2 is 1.92 bits per heavy atom. The van der Waals surface area contributed by atoms with E-state index < -0.39 is 0 Å². The van der Waals surface area contributed by atoms with Crippen LogP contribution in [0.15, 0.2) is 24.4 Å². The van der Waals surface area contributed by atoms with Crippen molar-refractivity contribution in [3.8, 4) is 11.6 Å². The van der Waals surface area contributed by atoms with Crippen molar-refractivity contribution in [1.29, 1.82) is 0 Å². The highest BCUT2D eigenvalue weighted by Gasteiger charge is 2.32. The Kier molecular flexibility index (Phi) is 6.79. The molecule has 5 heterocycles. The van der Waals surface area contributed by atoms with Gasteiger partial charge in [0.15, 0.2) is 5.65 Å². The van der Waals surface area contributed by atoms with Crippen LogP contribution in [-0.4, -0.2) is 94.7 Å². The topological polar surface area (TPSA) is 106 Å². The molecular formula is C27H34N6O4. The normalized spacial score (nSPS) is 19.9. The van der Waals surface area contributed by atoms with E-state index in [1.807, 2.05) is 6.07 Å². The maximum atomic E-state index is 13.0. The largest absolute Gasteiger partial charge is 0.493 e. The molecule has 3 fully saturated rings. The highest BCUT2D eigenvalue weighted by Crippen LogP contribution is 2.43. The quantitative estimate of drug-likeness (QED) is 0.484. The van der Waals surface area contributed by atoms with E-state index >= 15 is 0 Å². The molecule has 0 radical (unpaired) electrons. The summed E-state index contributed by atoms with van der Waals surface area (Å²) in [6.07, 6.45) is 7.06. The number of hydrogen-bond acceptors (Lipinski definition) is 9. The Morgan fingerprint density at radius 1 is 1.14 bits per heavy atom. The molecule has 6 rings (SSSR count). The van der Waals surface area contributed by atoms with Gasteiger partial charge in [0, 0.05) is 57.5 Å². The van der Waals surface area contributed by atoms with Crippen LogP contribution >= 0.6 is 0 Å². The third kappa shape index (κ3) is 4.69. The average Bonchev–Trinajstić information content (AvgIpc) is 3.27. The molecule has 10 heteroatoms. The zero-order valence-corrected chi connectivity index (χ0v) is 21.3. The van der Waals surface area contributed by atoms with Gasteiger partial charge in [0.1, 0.15) is 12.3 Å². The second-order valence-corrected chi connectivity index (χ2v) is 10.2. The molecule has 3 aliphatic rings. The van der Waals surface area contributed by atoms with Gasteiger partial charge >= 0.3 is 0 Å². The van der Waals surface area contributed by atoms with E-state index in [1.165, 1.54) is 13.5 Å². The third-order valence-corrected chi connectivity index (χ3v) is 8.04. The molecule has 2 saturated heterocycles. The number of pyridine rings is 2. The lowest BCUT2D eigenvalue weighted by Crippen LogP contribution is -2.49. The number of carbonyl (C=O) groups is 1. The zero-order valence-electron chi connectivity index (χ0n) is 21.3. The number of morpholine rings is 1. The van der Waals surface area contributed by atoms with Crippen LogP contribution in [0, 0.1) is 0 Å². The molecule has 0 spiro atoms. The molecule has 1 saturated carbocycles.